The maximum atomic E-state index is 12.7. The van der Waals surface area contributed by atoms with Gasteiger partial charge in [-0.3, -0.25) is 19.4 Å². The van der Waals surface area contributed by atoms with E-state index in [0.717, 1.165) is 24.8 Å². The summed E-state index contributed by atoms with van der Waals surface area (Å²) in [5.74, 6) is 0.228. The van der Waals surface area contributed by atoms with Gasteiger partial charge in [0.15, 0.2) is 11.5 Å². The van der Waals surface area contributed by atoms with Crippen molar-refractivity contribution in [1.29, 1.82) is 0 Å². The van der Waals surface area contributed by atoms with Gasteiger partial charge in [-0.05, 0) is 73.6 Å². The van der Waals surface area contributed by atoms with Crippen LogP contribution >= 0.6 is 0 Å². The maximum Gasteiger partial charge on any atom is 0.269 e. The molecule has 1 aliphatic rings. The van der Waals surface area contributed by atoms with Gasteiger partial charge in [-0.15, -0.1) is 0 Å². The standard InChI is InChI=1S/C28H29N3O4/c1-18-7-10-23(26(15-18)35-22-13-14-30-24(17-22)28(34)29-2)31-27(33)12-11-25(32)21-9-8-19-5-3-4-6-20(19)16-21/h7-10,13-17H,3-6,11-12H2,1-2H3,(H,29,34)(H,31,33). The van der Waals surface area contributed by atoms with Crippen LogP contribution in [0.1, 0.15) is 63.2 Å². The van der Waals surface area contributed by atoms with E-state index in [9.17, 15) is 14.4 Å². The Labute approximate surface area is 204 Å². The summed E-state index contributed by atoms with van der Waals surface area (Å²) < 4.78 is 5.97. The van der Waals surface area contributed by atoms with Gasteiger partial charge in [0.1, 0.15) is 11.4 Å². The third-order valence-electron chi connectivity index (χ3n) is 6.08. The first-order valence-corrected chi connectivity index (χ1v) is 11.8. The van der Waals surface area contributed by atoms with Gasteiger partial charge in [0.2, 0.25) is 5.91 Å². The van der Waals surface area contributed by atoms with Crippen molar-refractivity contribution in [2.24, 2.45) is 0 Å². The summed E-state index contributed by atoms with van der Waals surface area (Å²) >= 11 is 0. The highest BCUT2D eigenvalue weighted by atomic mass is 16.5. The number of pyridine rings is 1. The van der Waals surface area contributed by atoms with Gasteiger partial charge < -0.3 is 15.4 Å². The molecule has 4 rings (SSSR count). The largest absolute Gasteiger partial charge is 0.455 e. The molecule has 2 aromatic carbocycles. The molecule has 2 amide bonds. The van der Waals surface area contributed by atoms with Gasteiger partial charge in [0, 0.05) is 37.7 Å². The van der Waals surface area contributed by atoms with Crippen molar-refractivity contribution < 1.29 is 19.1 Å². The number of fused-ring (bicyclic) bond motifs is 1. The summed E-state index contributed by atoms with van der Waals surface area (Å²) in [5.41, 5.74) is 4.91. The van der Waals surface area contributed by atoms with Crippen LogP contribution in [0.15, 0.2) is 54.7 Å². The minimum Gasteiger partial charge on any atom is -0.455 e. The molecule has 0 atom stereocenters. The predicted octanol–water partition coefficient (Wildman–Crippen LogP) is 5.02. The highest BCUT2D eigenvalue weighted by molar-refractivity contribution is 6.00. The summed E-state index contributed by atoms with van der Waals surface area (Å²) in [5, 5.41) is 5.38. The predicted molar refractivity (Wildman–Crippen MR) is 134 cm³/mol. The Bertz CT molecular complexity index is 1270. The molecule has 1 heterocycles. The van der Waals surface area contributed by atoms with Crippen molar-refractivity contribution in [3.8, 4) is 11.5 Å². The SMILES string of the molecule is CNC(=O)c1cc(Oc2cc(C)ccc2NC(=O)CCC(=O)c2ccc3c(c2)CCCC3)ccn1. The Morgan fingerprint density at radius 1 is 0.943 bits per heavy atom. The third kappa shape index (κ3) is 6.12. The van der Waals surface area contributed by atoms with Crippen LogP contribution in [0.5, 0.6) is 11.5 Å². The molecule has 7 nitrogen and oxygen atoms in total. The molecule has 1 aliphatic carbocycles. The number of nitrogens with one attached hydrogen (secondary N) is 2. The minimum atomic E-state index is -0.322. The smallest absolute Gasteiger partial charge is 0.269 e. The number of hydrogen-bond donors (Lipinski definition) is 2. The van der Waals surface area contributed by atoms with Crippen LogP contribution in [0.25, 0.3) is 0 Å². The van der Waals surface area contributed by atoms with E-state index in [1.807, 2.05) is 31.2 Å². The summed E-state index contributed by atoms with van der Waals surface area (Å²) in [7, 11) is 1.53. The lowest BCUT2D eigenvalue weighted by Crippen LogP contribution is -2.19. The Morgan fingerprint density at radius 2 is 1.74 bits per heavy atom. The molecule has 1 aromatic heterocycles. The van der Waals surface area contributed by atoms with Gasteiger partial charge in [0.25, 0.3) is 5.91 Å². The quantitative estimate of drug-likeness (QED) is 0.450. The molecule has 3 aromatic rings. The van der Waals surface area contributed by atoms with Crippen LogP contribution in [0.4, 0.5) is 5.69 Å². The van der Waals surface area contributed by atoms with Crippen molar-refractivity contribution in [3.05, 3.63) is 82.7 Å². The van der Waals surface area contributed by atoms with E-state index in [1.165, 1.54) is 36.9 Å². The molecule has 0 saturated heterocycles. The highest BCUT2D eigenvalue weighted by Crippen LogP contribution is 2.31. The Morgan fingerprint density at radius 3 is 2.54 bits per heavy atom. The van der Waals surface area contributed by atoms with Crippen molar-refractivity contribution in [2.45, 2.75) is 45.4 Å². The fraction of sp³-hybridized carbons (Fsp3) is 0.286. The molecular formula is C28H29N3O4. The van der Waals surface area contributed by atoms with E-state index in [1.54, 1.807) is 18.2 Å². The molecule has 0 bridgehead atoms. The number of hydrogen-bond acceptors (Lipinski definition) is 5. The first kappa shape index (κ1) is 24.1. The van der Waals surface area contributed by atoms with Crippen molar-refractivity contribution in [1.82, 2.24) is 10.3 Å². The molecule has 0 unspecified atom stereocenters. The third-order valence-corrected chi connectivity index (χ3v) is 6.08. The molecule has 180 valence electrons. The first-order chi connectivity index (χ1) is 16.9. The van der Waals surface area contributed by atoms with E-state index in [2.05, 4.69) is 15.6 Å². The van der Waals surface area contributed by atoms with Crippen LogP contribution in [0, 0.1) is 6.92 Å². The van der Waals surface area contributed by atoms with Crippen molar-refractivity contribution in [3.63, 3.8) is 0 Å². The van der Waals surface area contributed by atoms with Gasteiger partial charge in [0.05, 0.1) is 5.69 Å². The average molecular weight is 472 g/mol. The molecule has 0 spiro atoms. The topological polar surface area (TPSA) is 97.4 Å². The number of nitrogens with zero attached hydrogens (tertiary/aromatic N) is 1. The lowest BCUT2D eigenvalue weighted by atomic mass is 9.89. The molecule has 2 N–H and O–H groups in total. The summed E-state index contributed by atoms with van der Waals surface area (Å²) in [6, 6.07) is 14.5. The number of carbonyl (C=O) groups excluding carboxylic acids is 3. The number of Topliss-reactive ketones (excluding diaryl/α,β-unsaturated/α-hetero) is 1. The fourth-order valence-corrected chi connectivity index (χ4v) is 4.16. The van der Waals surface area contributed by atoms with Crippen LogP contribution in [-0.2, 0) is 17.6 Å². The van der Waals surface area contributed by atoms with Crippen LogP contribution in [0.2, 0.25) is 0 Å². The van der Waals surface area contributed by atoms with Crippen molar-refractivity contribution >= 4 is 23.3 Å². The number of rotatable bonds is 8. The van der Waals surface area contributed by atoms with Crippen molar-refractivity contribution in [2.75, 3.05) is 12.4 Å². The fourth-order valence-electron chi connectivity index (χ4n) is 4.16. The Kier molecular flexibility index (Phi) is 7.55. The van der Waals surface area contributed by atoms with Gasteiger partial charge in [-0.2, -0.15) is 0 Å². The Balaban J connectivity index is 1.41. The number of amides is 2. The zero-order valence-corrected chi connectivity index (χ0v) is 20.0. The second-order valence-electron chi connectivity index (χ2n) is 8.72. The van der Waals surface area contributed by atoms with E-state index >= 15 is 0 Å². The zero-order chi connectivity index (χ0) is 24.8. The number of aromatic nitrogens is 1. The highest BCUT2D eigenvalue weighted by Gasteiger charge is 2.16. The average Bonchev–Trinajstić information content (AvgIpc) is 2.88. The number of anilines is 1. The Hall–Kier alpha value is -4.00. The second-order valence-corrected chi connectivity index (χ2v) is 8.72. The lowest BCUT2D eigenvalue weighted by molar-refractivity contribution is -0.116. The van der Waals surface area contributed by atoms with Gasteiger partial charge in [-0.1, -0.05) is 18.2 Å². The minimum absolute atomic E-state index is 0.0348. The molecule has 35 heavy (non-hydrogen) atoms. The van der Waals surface area contributed by atoms with E-state index in [4.69, 9.17) is 4.74 Å². The summed E-state index contributed by atoms with van der Waals surface area (Å²) in [6.07, 6.45) is 6.11. The molecule has 7 heteroatoms. The summed E-state index contributed by atoms with van der Waals surface area (Å²) in [6.45, 7) is 1.91. The van der Waals surface area contributed by atoms with E-state index in [-0.39, 0.29) is 36.1 Å². The lowest BCUT2D eigenvalue weighted by Gasteiger charge is -2.16. The number of benzene rings is 2. The number of ether oxygens (including phenoxy) is 1. The maximum absolute atomic E-state index is 12.7. The van der Waals surface area contributed by atoms with Gasteiger partial charge in [-0.25, -0.2) is 0 Å². The second kappa shape index (κ2) is 11.0. The molecule has 0 fully saturated rings. The first-order valence-electron chi connectivity index (χ1n) is 11.8. The van der Waals surface area contributed by atoms with Crippen LogP contribution in [-0.4, -0.2) is 29.6 Å². The monoisotopic (exact) mass is 471 g/mol. The molecular weight excluding hydrogens is 442 g/mol. The number of carbonyl (C=O) groups is 3. The van der Waals surface area contributed by atoms with Crippen LogP contribution in [0.3, 0.4) is 0 Å². The molecule has 0 saturated carbocycles. The molecule has 0 aliphatic heterocycles. The zero-order valence-electron chi connectivity index (χ0n) is 20.0. The molecule has 0 radical (unpaired) electrons. The van der Waals surface area contributed by atoms with Gasteiger partial charge >= 0.3 is 0 Å². The van der Waals surface area contributed by atoms with Crippen LogP contribution < -0.4 is 15.4 Å². The number of ketones is 1. The summed E-state index contributed by atoms with van der Waals surface area (Å²) in [4.78, 5) is 41.3. The van der Waals surface area contributed by atoms with E-state index in [0.29, 0.717) is 22.7 Å². The van der Waals surface area contributed by atoms with E-state index < -0.39 is 0 Å². The number of aryl methyl sites for hydroxylation is 3. The normalized spacial score (nSPS) is 12.4.